The zero-order valence-corrected chi connectivity index (χ0v) is 15.8. The van der Waals surface area contributed by atoms with Gasteiger partial charge in [-0.3, -0.25) is 9.36 Å². The van der Waals surface area contributed by atoms with Crippen molar-refractivity contribution in [2.75, 3.05) is 19.4 Å². The molecule has 1 aromatic rings. The third kappa shape index (κ3) is 7.61. The Morgan fingerprint density at radius 3 is 2.08 bits per heavy atom. The quantitative estimate of drug-likeness (QED) is 0.384. The molecule has 0 bridgehead atoms. The number of carbonyl (C=O) groups excluding carboxylic acids is 1. The smallest absolute Gasteiger partial charge is 0.334 e. The Kier molecular flexibility index (Phi) is 9.92. The summed E-state index contributed by atoms with van der Waals surface area (Å²) >= 11 is 0. The number of hydrogen-bond acceptors (Lipinski definition) is 5. The maximum absolute atomic E-state index is 13.0. The average molecular weight is 356 g/mol. The molecular weight excluding hydrogens is 327 g/mol. The van der Waals surface area contributed by atoms with Crippen LogP contribution in [0.5, 0.6) is 0 Å². The fourth-order valence-electron chi connectivity index (χ4n) is 2.11. The van der Waals surface area contributed by atoms with E-state index >= 15 is 0 Å². The van der Waals surface area contributed by atoms with Crippen LogP contribution in [0, 0.1) is 0 Å². The number of carbonyl (C=O) groups is 1. The highest BCUT2D eigenvalue weighted by molar-refractivity contribution is 7.53. The first-order valence-corrected chi connectivity index (χ1v) is 10.4. The van der Waals surface area contributed by atoms with Gasteiger partial charge in [0.2, 0.25) is 0 Å². The zero-order chi connectivity index (χ0) is 17.8. The Hall–Kier alpha value is -1.16. The maximum Gasteiger partial charge on any atom is 0.334 e. The van der Waals surface area contributed by atoms with Crippen LogP contribution in [0.1, 0.15) is 58.1 Å². The van der Waals surface area contributed by atoms with Gasteiger partial charge in [-0.15, -0.1) is 0 Å². The zero-order valence-electron chi connectivity index (χ0n) is 14.9. The molecule has 0 amide bonds. The van der Waals surface area contributed by atoms with Crippen molar-refractivity contribution in [2.45, 2.75) is 52.6 Å². The van der Waals surface area contributed by atoms with Crippen LogP contribution in [-0.2, 0) is 23.1 Å². The summed E-state index contributed by atoms with van der Waals surface area (Å²) < 4.78 is 29.6. The second-order valence-electron chi connectivity index (χ2n) is 5.60. The molecule has 0 heterocycles. The first-order chi connectivity index (χ1) is 11.5. The van der Waals surface area contributed by atoms with Gasteiger partial charge in [-0.25, -0.2) is 0 Å². The van der Waals surface area contributed by atoms with Crippen molar-refractivity contribution in [1.29, 1.82) is 0 Å². The van der Waals surface area contributed by atoms with Crippen LogP contribution in [0.25, 0.3) is 0 Å². The minimum atomic E-state index is -3.33. The van der Waals surface area contributed by atoms with E-state index in [9.17, 15) is 9.36 Å². The van der Waals surface area contributed by atoms with Gasteiger partial charge in [-0.05, 0) is 24.8 Å². The third-order valence-electron chi connectivity index (χ3n) is 3.27. The molecule has 0 fully saturated rings. The Balaban J connectivity index is 2.94. The van der Waals surface area contributed by atoms with Crippen LogP contribution < -0.4 is 0 Å². The SMILES string of the molecule is CCCOP(=O)(CC(OC(=O)CCC)c1ccccc1)OCCC. The molecule has 0 aliphatic carbocycles. The summed E-state index contributed by atoms with van der Waals surface area (Å²) in [5.41, 5.74) is 0.794. The van der Waals surface area contributed by atoms with Crippen LogP contribution in [-0.4, -0.2) is 25.3 Å². The standard InChI is InChI=1S/C18H29O5P/c1-4-10-18(19)23-17(16-11-8-7-9-12-16)15-24(20,21-13-5-2)22-14-6-3/h7-9,11-12,17H,4-6,10,13-15H2,1-3H3. The lowest BCUT2D eigenvalue weighted by atomic mass is 10.1. The van der Waals surface area contributed by atoms with Gasteiger partial charge in [-0.2, -0.15) is 0 Å². The number of hydrogen-bond donors (Lipinski definition) is 0. The molecule has 0 aliphatic heterocycles. The number of ether oxygens (including phenoxy) is 1. The summed E-state index contributed by atoms with van der Waals surface area (Å²) in [5.74, 6) is -0.302. The third-order valence-corrected chi connectivity index (χ3v) is 5.20. The molecule has 1 aromatic carbocycles. The van der Waals surface area contributed by atoms with E-state index in [1.807, 2.05) is 51.1 Å². The molecule has 0 aromatic heterocycles. The molecule has 0 N–H and O–H groups in total. The lowest BCUT2D eigenvalue weighted by Crippen LogP contribution is -2.17. The molecule has 0 saturated heterocycles. The minimum absolute atomic E-state index is 0.0342. The van der Waals surface area contributed by atoms with E-state index in [1.54, 1.807) is 0 Å². The van der Waals surface area contributed by atoms with Gasteiger partial charge in [0.15, 0.2) is 0 Å². The van der Waals surface area contributed by atoms with Crippen molar-refractivity contribution in [3.8, 4) is 0 Å². The van der Waals surface area contributed by atoms with Gasteiger partial charge in [0.05, 0.1) is 19.4 Å². The highest BCUT2D eigenvalue weighted by Crippen LogP contribution is 2.51. The molecule has 0 spiro atoms. The molecule has 0 radical (unpaired) electrons. The van der Waals surface area contributed by atoms with Crippen LogP contribution in [0.3, 0.4) is 0 Å². The van der Waals surface area contributed by atoms with Crippen LogP contribution >= 0.6 is 7.60 Å². The van der Waals surface area contributed by atoms with Gasteiger partial charge < -0.3 is 13.8 Å². The van der Waals surface area contributed by atoms with Gasteiger partial charge in [0.25, 0.3) is 0 Å². The molecule has 0 aliphatic rings. The first kappa shape index (κ1) is 20.9. The highest BCUT2D eigenvalue weighted by atomic mass is 31.2. The largest absolute Gasteiger partial charge is 0.457 e. The molecule has 1 rings (SSSR count). The fourth-order valence-corrected chi connectivity index (χ4v) is 4.01. The Bertz CT molecular complexity index is 505. The molecule has 24 heavy (non-hydrogen) atoms. The lowest BCUT2D eigenvalue weighted by molar-refractivity contribution is -0.148. The predicted molar refractivity (Wildman–Crippen MR) is 95.1 cm³/mol. The average Bonchev–Trinajstić information content (AvgIpc) is 2.59. The minimum Gasteiger partial charge on any atom is -0.457 e. The Morgan fingerprint density at radius 2 is 1.58 bits per heavy atom. The van der Waals surface area contributed by atoms with E-state index in [1.165, 1.54) is 0 Å². The summed E-state index contributed by atoms with van der Waals surface area (Å²) in [5, 5.41) is 0. The van der Waals surface area contributed by atoms with Crippen LogP contribution in [0.4, 0.5) is 0 Å². The van der Waals surface area contributed by atoms with Crippen molar-refractivity contribution in [3.63, 3.8) is 0 Å². The van der Waals surface area contributed by atoms with Crippen LogP contribution in [0.15, 0.2) is 30.3 Å². The number of esters is 1. The topological polar surface area (TPSA) is 61.8 Å². The van der Waals surface area contributed by atoms with Crippen molar-refractivity contribution < 1.29 is 23.1 Å². The normalized spacial score (nSPS) is 12.8. The van der Waals surface area contributed by atoms with E-state index in [4.69, 9.17) is 13.8 Å². The van der Waals surface area contributed by atoms with E-state index in [2.05, 4.69) is 0 Å². The summed E-state index contributed by atoms with van der Waals surface area (Å²) in [6, 6.07) is 9.32. The molecule has 0 saturated carbocycles. The number of benzene rings is 1. The highest BCUT2D eigenvalue weighted by Gasteiger charge is 2.32. The summed E-state index contributed by atoms with van der Waals surface area (Å²) in [7, 11) is -3.33. The molecule has 6 heteroatoms. The fraction of sp³-hybridized carbons (Fsp3) is 0.611. The Labute approximate surface area is 145 Å². The summed E-state index contributed by atoms with van der Waals surface area (Å²) in [6.45, 7) is 6.51. The Morgan fingerprint density at radius 1 is 1.00 bits per heavy atom. The second-order valence-corrected chi connectivity index (χ2v) is 7.70. The number of rotatable bonds is 12. The van der Waals surface area contributed by atoms with Gasteiger partial charge in [0.1, 0.15) is 6.10 Å². The van der Waals surface area contributed by atoms with Gasteiger partial charge in [0, 0.05) is 6.42 Å². The second kappa shape index (κ2) is 11.4. The van der Waals surface area contributed by atoms with Crippen molar-refractivity contribution >= 4 is 13.6 Å². The van der Waals surface area contributed by atoms with Gasteiger partial charge >= 0.3 is 13.6 Å². The van der Waals surface area contributed by atoms with Crippen molar-refractivity contribution in [2.24, 2.45) is 0 Å². The molecular formula is C18H29O5P. The summed E-state index contributed by atoms with van der Waals surface area (Å²) in [4.78, 5) is 11.9. The molecule has 1 atom stereocenters. The monoisotopic (exact) mass is 356 g/mol. The van der Waals surface area contributed by atoms with Gasteiger partial charge in [-0.1, -0.05) is 51.1 Å². The predicted octanol–water partition coefficient (Wildman–Crippen LogP) is 5.12. The van der Waals surface area contributed by atoms with Crippen molar-refractivity contribution in [3.05, 3.63) is 35.9 Å². The van der Waals surface area contributed by atoms with E-state index in [0.717, 1.165) is 18.4 Å². The van der Waals surface area contributed by atoms with Crippen molar-refractivity contribution in [1.82, 2.24) is 0 Å². The van der Waals surface area contributed by atoms with Crippen LogP contribution in [0.2, 0.25) is 0 Å². The molecule has 1 unspecified atom stereocenters. The first-order valence-electron chi connectivity index (χ1n) is 8.67. The van der Waals surface area contributed by atoms with E-state index < -0.39 is 13.7 Å². The van der Waals surface area contributed by atoms with E-state index in [0.29, 0.717) is 26.1 Å². The molecule has 136 valence electrons. The van der Waals surface area contributed by atoms with E-state index in [-0.39, 0.29) is 12.1 Å². The maximum atomic E-state index is 13.0. The molecule has 5 nitrogen and oxygen atoms in total. The summed E-state index contributed by atoms with van der Waals surface area (Å²) in [6.07, 6.45) is 1.92. The lowest BCUT2D eigenvalue weighted by Gasteiger charge is -2.24.